The first-order valence-electron chi connectivity index (χ1n) is 8.56. The molecule has 0 aliphatic heterocycles. The van der Waals surface area contributed by atoms with Gasteiger partial charge in [0.05, 0.1) is 14.2 Å². The summed E-state index contributed by atoms with van der Waals surface area (Å²) in [5.74, 6) is 1.82. The molecule has 0 heterocycles. The van der Waals surface area contributed by atoms with Crippen LogP contribution in [0, 0.1) is 7.14 Å². The molecule has 2 aromatic carbocycles. The zero-order chi connectivity index (χ0) is 27.3. The van der Waals surface area contributed by atoms with Gasteiger partial charge < -0.3 is 14.0 Å². The Morgan fingerprint density at radius 2 is 1.09 bits per heavy atom. The highest BCUT2D eigenvalue weighted by molar-refractivity contribution is 14.1. The third-order valence-electron chi connectivity index (χ3n) is 3.56. The summed E-state index contributed by atoms with van der Waals surface area (Å²) in [7, 11) is -3.74. The van der Waals surface area contributed by atoms with E-state index in [0.717, 1.165) is 11.5 Å². The van der Waals surface area contributed by atoms with E-state index in [1.165, 1.54) is 7.14 Å². The average Bonchev–Trinajstić information content (AvgIpc) is 2.73. The minimum atomic E-state index is -7.12. The molecule has 35 heavy (non-hydrogen) atoms. The maximum absolute atomic E-state index is 12.4. The van der Waals surface area contributed by atoms with Gasteiger partial charge in [-0.3, -0.25) is 0 Å². The van der Waals surface area contributed by atoms with E-state index in [9.17, 15) is 48.1 Å². The van der Waals surface area contributed by atoms with Crippen LogP contribution in [0.25, 0.3) is 0 Å². The molecule has 0 fully saturated rings. The van der Waals surface area contributed by atoms with Crippen LogP contribution in [-0.2, 0) is 14.9 Å². The first-order chi connectivity index (χ1) is 15.8. The molecule has 2 rings (SSSR count). The number of alkyl halides is 9. The molecule has 0 aliphatic carbocycles. The maximum Gasteiger partial charge on any atom is 0.438 e. The van der Waals surface area contributed by atoms with Crippen molar-refractivity contribution in [2.45, 2.75) is 21.4 Å². The summed E-state index contributed by atoms with van der Waals surface area (Å²) in [4.78, 5) is 0. The second kappa shape index (κ2) is 11.9. The van der Waals surface area contributed by atoms with E-state index in [2.05, 4.69) is 24.3 Å². The summed E-state index contributed by atoms with van der Waals surface area (Å²) in [6.45, 7) is 0. The molecule has 6 nitrogen and oxygen atoms in total. The van der Waals surface area contributed by atoms with E-state index in [4.69, 9.17) is 9.47 Å². The van der Waals surface area contributed by atoms with Crippen molar-refractivity contribution in [3.63, 3.8) is 0 Å². The molecule has 0 N–H and O–H groups in total. The van der Waals surface area contributed by atoms with Crippen LogP contribution >= 0.6 is 22.6 Å². The molecule has 0 atom stereocenters. The van der Waals surface area contributed by atoms with Gasteiger partial charge in [0.15, 0.2) is 17.3 Å². The quantitative estimate of drug-likeness (QED) is 0.169. The van der Waals surface area contributed by atoms with Crippen molar-refractivity contribution in [3.8, 4) is 11.5 Å². The fourth-order valence-corrected chi connectivity index (χ4v) is 4.42. The number of benzene rings is 2. The van der Waals surface area contributed by atoms with Crippen molar-refractivity contribution in [2.75, 3.05) is 14.2 Å². The fourth-order valence-electron chi connectivity index (χ4n) is 1.82. The van der Waals surface area contributed by atoms with Crippen LogP contribution in [0.1, 0.15) is 0 Å². The van der Waals surface area contributed by atoms with Crippen LogP contribution in [-0.4, -0.2) is 48.6 Å². The number of hydrogen-bond acceptors (Lipinski definition) is 6. The normalized spacial score (nSPS) is 13.0. The van der Waals surface area contributed by atoms with E-state index in [0.29, 0.717) is 0 Å². The topological polar surface area (TPSA) is 84.9 Å². The molecule has 0 amide bonds. The molecule has 0 unspecified atom stereocenters. The smallest absolute Gasteiger partial charge is 0.438 e. The van der Waals surface area contributed by atoms with Crippen LogP contribution in [0.2, 0.25) is 0 Å². The van der Waals surface area contributed by atoms with Crippen LogP contribution in [0.4, 0.5) is 35.1 Å². The standard InChI is InChI=1S/C14H14IO2.C4HF8IO4S/c1-16-13-7-3-11(4-8-13)15-12-5-9-14(17-2)10-6-12;5-1(6,13)2(7,8)17-3(9,10)4(11,12)18(14,15)16/h3-10H,1-2H3;(H,14,15,16)/q+1;/p-1. The average molecular weight is 764 g/mol. The van der Waals surface area contributed by atoms with Gasteiger partial charge in [0.1, 0.15) is 11.5 Å². The second-order valence-corrected chi connectivity index (χ2v) is 11.8. The van der Waals surface area contributed by atoms with Crippen LogP contribution < -0.4 is 30.7 Å². The summed E-state index contributed by atoms with van der Waals surface area (Å²) in [5.41, 5.74) is 0. The minimum Gasteiger partial charge on any atom is -0.743 e. The van der Waals surface area contributed by atoms with Gasteiger partial charge in [-0.15, -0.1) is 0 Å². The lowest BCUT2D eigenvalue weighted by Gasteiger charge is -2.31. The summed E-state index contributed by atoms with van der Waals surface area (Å²) < 4.78 is 137. The van der Waals surface area contributed by atoms with Crippen molar-refractivity contribution in [1.29, 1.82) is 0 Å². The van der Waals surface area contributed by atoms with Crippen molar-refractivity contribution < 1.29 is 83.5 Å². The Labute approximate surface area is 218 Å². The molecule has 0 bridgehead atoms. The number of hydrogen-bond donors (Lipinski definition) is 0. The van der Waals surface area contributed by atoms with E-state index < -0.39 is 54.1 Å². The molecule has 0 spiro atoms. The Kier molecular flexibility index (Phi) is 10.8. The lowest BCUT2D eigenvalue weighted by molar-refractivity contribution is -0.597. The number of ether oxygens (including phenoxy) is 3. The first-order valence-corrected chi connectivity index (χ1v) is 13.2. The molecule has 0 saturated carbocycles. The van der Waals surface area contributed by atoms with Crippen molar-refractivity contribution in [1.82, 2.24) is 0 Å². The zero-order valence-electron chi connectivity index (χ0n) is 17.3. The van der Waals surface area contributed by atoms with Gasteiger partial charge in [0.25, 0.3) is 0 Å². The molecular formula is C18H14F8I2O6S. The van der Waals surface area contributed by atoms with Gasteiger partial charge in [0.2, 0.25) is 0 Å². The van der Waals surface area contributed by atoms with E-state index in [1.807, 2.05) is 29.0 Å². The summed E-state index contributed by atoms with van der Waals surface area (Å²) in [6, 6.07) is 16.6. The van der Waals surface area contributed by atoms with Crippen LogP contribution in [0.15, 0.2) is 48.5 Å². The van der Waals surface area contributed by atoms with E-state index in [-0.39, 0.29) is 21.2 Å². The molecular weight excluding hydrogens is 750 g/mol. The van der Waals surface area contributed by atoms with E-state index >= 15 is 0 Å². The minimum absolute atomic E-state index is 0.119. The van der Waals surface area contributed by atoms with Gasteiger partial charge in [-0.05, 0) is 48.5 Å². The Hall–Kier alpha value is -1.19. The van der Waals surface area contributed by atoms with Crippen molar-refractivity contribution in [2.24, 2.45) is 0 Å². The number of halogens is 10. The Bertz CT molecular complexity index is 1020. The molecule has 2 aromatic rings. The molecule has 17 heteroatoms. The van der Waals surface area contributed by atoms with E-state index in [1.54, 1.807) is 14.2 Å². The van der Waals surface area contributed by atoms with Gasteiger partial charge in [-0.2, -0.15) is 35.1 Å². The highest BCUT2D eigenvalue weighted by Crippen LogP contribution is 2.48. The third kappa shape index (κ3) is 8.71. The Morgan fingerprint density at radius 1 is 0.743 bits per heavy atom. The lowest BCUT2D eigenvalue weighted by atomic mass is 10.3. The van der Waals surface area contributed by atoms with Crippen LogP contribution in [0.3, 0.4) is 0 Å². The SMILES string of the molecule is COc1ccc([I+]c2ccc(OC)cc2)cc1.O=S(=O)([O-])C(F)(F)C(F)(F)OC(F)(F)C(F)(F)I. The summed E-state index contributed by atoms with van der Waals surface area (Å²) in [6.07, 6.45) is -12.8. The van der Waals surface area contributed by atoms with Gasteiger partial charge in [0, 0.05) is 22.6 Å². The summed E-state index contributed by atoms with van der Waals surface area (Å²) in [5, 5.41) is -6.65. The van der Waals surface area contributed by atoms with Gasteiger partial charge in [-0.25, -0.2) is 13.2 Å². The maximum atomic E-state index is 12.4. The first kappa shape index (κ1) is 31.8. The fraction of sp³-hybridized carbons (Fsp3) is 0.333. The predicted molar refractivity (Wildman–Crippen MR) is 108 cm³/mol. The third-order valence-corrected chi connectivity index (χ3v) is 7.73. The molecule has 0 saturated heterocycles. The predicted octanol–water partition coefficient (Wildman–Crippen LogP) is 2.19. The number of methoxy groups -OCH3 is 2. The highest BCUT2D eigenvalue weighted by Gasteiger charge is 2.71. The zero-order valence-corrected chi connectivity index (χ0v) is 22.4. The Morgan fingerprint density at radius 3 is 1.34 bits per heavy atom. The second-order valence-electron chi connectivity index (χ2n) is 6.01. The lowest BCUT2D eigenvalue weighted by Crippen LogP contribution is -3.61. The van der Waals surface area contributed by atoms with Gasteiger partial charge >= 0.3 is 42.6 Å². The molecule has 0 aliphatic rings. The largest absolute Gasteiger partial charge is 0.743 e. The molecule has 0 aromatic heterocycles. The van der Waals surface area contributed by atoms with Crippen molar-refractivity contribution >= 4 is 32.7 Å². The monoisotopic (exact) mass is 764 g/mol. The highest BCUT2D eigenvalue weighted by atomic mass is 127. The van der Waals surface area contributed by atoms with Gasteiger partial charge in [-0.1, -0.05) is 0 Å². The Balaban J connectivity index is 0.000000350. The summed E-state index contributed by atoms with van der Waals surface area (Å²) >= 11 is -0.524. The van der Waals surface area contributed by atoms with Crippen molar-refractivity contribution in [3.05, 3.63) is 55.7 Å². The number of rotatable bonds is 9. The molecule has 0 radical (unpaired) electrons. The van der Waals surface area contributed by atoms with Crippen LogP contribution in [0.5, 0.6) is 11.5 Å². The molecule has 198 valence electrons.